The van der Waals surface area contributed by atoms with Gasteiger partial charge in [0.25, 0.3) is 11.5 Å². The summed E-state index contributed by atoms with van der Waals surface area (Å²) in [5.41, 5.74) is -0.551. The van der Waals surface area contributed by atoms with Gasteiger partial charge in [0.1, 0.15) is 11.4 Å². The number of nitrogens with zero attached hydrogens (tertiary/aromatic N) is 1. The molecule has 0 aromatic carbocycles. The number of aromatic amines is 1. The van der Waals surface area contributed by atoms with Crippen molar-refractivity contribution >= 4 is 15.7 Å². The standard InChI is InChI=1S/C15H21N3O4S.C5H10O.H2/c1-10(7-8-23(2,21)22)17-14(19)12-9-16-13(18-15(12)20)11-5-3-4-6-11;1-2-4-6-5-3-1;/h7-11H,3-6H2,1-2H3,(H,17,19)(H,16,18,20);1-5H2;1H/b8-7+;;/t10-;;/m0../s1. The van der Waals surface area contributed by atoms with E-state index in [1.54, 1.807) is 6.92 Å². The molecule has 1 aromatic heterocycles. The Bertz CT molecular complexity index is 848. The van der Waals surface area contributed by atoms with Gasteiger partial charge in [0.05, 0.1) is 0 Å². The van der Waals surface area contributed by atoms with E-state index in [-0.39, 0.29) is 12.9 Å². The van der Waals surface area contributed by atoms with E-state index in [0.717, 1.165) is 50.6 Å². The summed E-state index contributed by atoms with van der Waals surface area (Å²) in [5.74, 6) is 0.313. The number of H-pyrrole nitrogens is 1. The van der Waals surface area contributed by atoms with Gasteiger partial charge >= 0.3 is 0 Å². The zero-order valence-corrected chi connectivity index (χ0v) is 18.0. The topological polar surface area (TPSA) is 118 Å². The van der Waals surface area contributed by atoms with Crippen molar-refractivity contribution in [2.75, 3.05) is 19.5 Å². The van der Waals surface area contributed by atoms with Gasteiger partial charge in [-0.2, -0.15) is 0 Å². The van der Waals surface area contributed by atoms with Gasteiger partial charge in [-0.3, -0.25) is 9.59 Å². The second-order valence-electron chi connectivity index (χ2n) is 7.59. The number of carbonyl (C=O) groups is 1. The quantitative estimate of drug-likeness (QED) is 0.745. The van der Waals surface area contributed by atoms with Crippen LogP contribution in [0.2, 0.25) is 0 Å². The molecule has 2 aliphatic rings. The van der Waals surface area contributed by atoms with Crippen LogP contribution in [0.1, 0.15) is 75.4 Å². The number of amides is 1. The van der Waals surface area contributed by atoms with Gasteiger partial charge in [0.2, 0.25) is 0 Å². The van der Waals surface area contributed by atoms with Crippen LogP contribution in [0.25, 0.3) is 0 Å². The number of rotatable bonds is 5. The van der Waals surface area contributed by atoms with Crippen LogP contribution in [0.4, 0.5) is 0 Å². The highest BCUT2D eigenvalue weighted by molar-refractivity contribution is 7.93. The van der Waals surface area contributed by atoms with Gasteiger partial charge in [0, 0.05) is 44.5 Å². The molecule has 2 heterocycles. The molecule has 1 aliphatic heterocycles. The molecule has 29 heavy (non-hydrogen) atoms. The Morgan fingerprint density at radius 3 is 2.41 bits per heavy atom. The Morgan fingerprint density at radius 2 is 1.93 bits per heavy atom. The first-order valence-electron chi connectivity index (χ1n) is 10.1. The number of nitrogens with one attached hydrogen (secondary N) is 2. The van der Waals surface area contributed by atoms with Crippen LogP contribution in [0, 0.1) is 0 Å². The SMILES string of the molecule is C1CCOCC1.C[C@@H](/C=C/S(C)(=O)=O)NC(=O)c1cnc(C2CCCC2)[nH]c1=O.[HH]. The molecule has 1 atom stereocenters. The molecular formula is C20H33N3O5S. The van der Waals surface area contributed by atoms with E-state index in [4.69, 9.17) is 4.74 Å². The fourth-order valence-electron chi connectivity index (χ4n) is 3.26. The van der Waals surface area contributed by atoms with Crippen LogP contribution < -0.4 is 10.9 Å². The Morgan fingerprint density at radius 1 is 1.28 bits per heavy atom. The molecule has 0 spiro atoms. The fraction of sp³-hybridized carbons (Fsp3) is 0.650. The maximum atomic E-state index is 12.1. The third kappa shape index (κ3) is 8.49. The fourth-order valence-corrected chi connectivity index (χ4v) is 3.78. The van der Waals surface area contributed by atoms with Crippen LogP contribution in [0.15, 0.2) is 22.5 Å². The summed E-state index contributed by atoms with van der Waals surface area (Å²) < 4.78 is 27.2. The minimum absolute atomic E-state index is 0. The Kier molecular flexibility index (Phi) is 9.03. The van der Waals surface area contributed by atoms with Gasteiger partial charge in [-0.15, -0.1) is 0 Å². The van der Waals surface area contributed by atoms with E-state index in [2.05, 4.69) is 15.3 Å². The molecule has 0 unspecified atom stereocenters. The van der Waals surface area contributed by atoms with E-state index in [1.807, 2.05) is 0 Å². The minimum Gasteiger partial charge on any atom is -0.381 e. The van der Waals surface area contributed by atoms with Crippen molar-refractivity contribution in [3.8, 4) is 0 Å². The average molecular weight is 428 g/mol. The van der Waals surface area contributed by atoms with E-state index in [1.165, 1.54) is 31.5 Å². The van der Waals surface area contributed by atoms with Crippen molar-refractivity contribution in [3.63, 3.8) is 0 Å². The Labute approximate surface area is 173 Å². The third-order valence-corrected chi connectivity index (χ3v) is 5.51. The van der Waals surface area contributed by atoms with Crippen LogP contribution >= 0.6 is 0 Å². The molecule has 8 nitrogen and oxygen atoms in total. The molecule has 1 aliphatic carbocycles. The highest BCUT2D eigenvalue weighted by Crippen LogP contribution is 2.31. The zero-order chi connectivity index (χ0) is 21.3. The van der Waals surface area contributed by atoms with Crippen molar-refractivity contribution in [1.82, 2.24) is 15.3 Å². The highest BCUT2D eigenvalue weighted by atomic mass is 32.2. The lowest BCUT2D eigenvalue weighted by atomic mass is 10.1. The molecule has 1 saturated heterocycles. The summed E-state index contributed by atoms with van der Waals surface area (Å²) in [5, 5.41) is 3.57. The summed E-state index contributed by atoms with van der Waals surface area (Å²) >= 11 is 0. The monoisotopic (exact) mass is 427 g/mol. The average Bonchev–Trinajstić information content (AvgIpc) is 3.22. The van der Waals surface area contributed by atoms with Gasteiger partial charge in [-0.25, -0.2) is 13.4 Å². The molecule has 2 N–H and O–H groups in total. The number of sulfone groups is 1. The summed E-state index contributed by atoms with van der Waals surface area (Å²) in [7, 11) is -3.25. The minimum atomic E-state index is -3.25. The van der Waals surface area contributed by atoms with Crippen molar-refractivity contribution in [1.29, 1.82) is 0 Å². The summed E-state index contributed by atoms with van der Waals surface area (Å²) in [6.45, 7) is 3.62. The van der Waals surface area contributed by atoms with Crippen LogP contribution in [0.3, 0.4) is 0 Å². The normalized spacial score (nSPS) is 18.8. The molecule has 1 aromatic rings. The summed E-state index contributed by atoms with van der Waals surface area (Å²) in [6.07, 6.45) is 11.9. The number of ether oxygens (including phenoxy) is 1. The number of carbonyl (C=O) groups excluding carboxylic acids is 1. The van der Waals surface area contributed by atoms with Crippen molar-refractivity contribution in [2.45, 2.75) is 63.8 Å². The van der Waals surface area contributed by atoms with E-state index < -0.39 is 27.3 Å². The molecule has 164 valence electrons. The molecule has 1 saturated carbocycles. The molecular weight excluding hydrogens is 394 g/mol. The number of hydrogen-bond acceptors (Lipinski definition) is 6. The second kappa shape index (κ2) is 11.3. The van der Waals surface area contributed by atoms with Gasteiger partial charge in [0.15, 0.2) is 9.84 Å². The first-order chi connectivity index (χ1) is 13.8. The molecule has 3 rings (SSSR count). The maximum Gasteiger partial charge on any atom is 0.263 e. The number of aromatic nitrogens is 2. The van der Waals surface area contributed by atoms with Crippen LogP contribution in [-0.4, -0.2) is 49.8 Å². The molecule has 2 fully saturated rings. The van der Waals surface area contributed by atoms with E-state index in [9.17, 15) is 18.0 Å². The molecule has 0 radical (unpaired) electrons. The van der Waals surface area contributed by atoms with E-state index >= 15 is 0 Å². The number of hydrogen-bond donors (Lipinski definition) is 2. The Balaban J connectivity index is 0.000000552. The Hall–Kier alpha value is -2.00. The summed E-state index contributed by atoms with van der Waals surface area (Å²) in [4.78, 5) is 31.0. The maximum absolute atomic E-state index is 12.1. The molecule has 0 bridgehead atoms. The lowest BCUT2D eigenvalue weighted by Crippen LogP contribution is -2.35. The first kappa shape index (κ1) is 23.3. The van der Waals surface area contributed by atoms with Gasteiger partial charge in [-0.1, -0.05) is 18.9 Å². The van der Waals surface area contributed by atoms with Gasteiger partial charge < -0.3 is 15.0 Å². The lowest BCUT2D eigenvalue weighted by molar-refractivity contribution is 0.0944. The first-order valence-corrected chi connectivity index (χ1v) is 12.1. The lowest BCUT2D eigenvalue weighted by Gasteiger charge is -2.11. The zero-order valence-electron chi connectivity index (χ0n) is 17.1. The van der Waals surface area contributed by atoms with Crippen molar-refractivity contribution in [3.05, 3.63) is 39.4 Å². The smallest absolute Gasteiger partial charge is 0.263 e. The largest absolute Gasteiger partial charge is 0.381 e. The predicted octanol–water partition coefficient (Wildman–Crippen LogP) is 2.54. The second-order valence-corrected chi connectivity index (χ2v) is 9.52. The predicted molar refractivity (Wildman–Crippen MR) is 114 cm³/mol. The third-order valence-electron chi connectivity index (χ3n) is 4.86. The van der Waals surface area contributed by atoms with Gasteiger partial charge in [-0.05, 0) is 39.0 Å². The van der Waals surface area contributed by atoms with Crippen molar-refractivity contribution in [2.24, 2.45) is 0 Å². The highest BCUT2D eigenvalue weighted by Gasteiger charge is 2.21. The molecule has 9 heteroatoms. The van der Waals surface area contributed by atoms with Crippen molar-refractivity contribution < 1.29 is 19.4 Å². The van der Waals surface area contributed by atoms with E-state index in [0.29, 0.717) is 5.82 Å². The van der Waals surface area contributed by atoms with Crippen LogP contribution in [-0.2, 0) is 14.6 Å². The summed E-state index contributed by atoms with van der Waals surface area (Å²) in [6, 6.07) is -0.522. The van der Waals surface area contributed by atoms with Crippen LogP contribution in [0.5, 0.6) is 0 Å². The molecule has 1 amide bonds.